The van der Waals surface area contributed by atoms with Crippen molar-refractivity contribution in [3.63, 3.8) is 0 Å². The van der Waals surface area contributed by atoms with Gasteiger partial charge in [0, 0.05) is 17.5 Å². The molecule has 0 aliphatic rings. The number of nitrogens with two attached hydrogens (primary N) is 1. The third-order valence-corrected chi connectivity index (χ3v) is 5.14. The van der Waals surface area contributed by atoms with Gasteiger partial charge < -0.3 is 11.1 Å². The summed E-state index contributed by atoms with van der Waals surface area (Å²) in [4.78, 5) is 4.55. The van der Waals surface area contributed by atoms with Gasteiger partial charge in [0.05, 0.1) is 5.69 Å². The number of hydrogen-bond donors (Lipinski definition) is 2. The molecule has 3 nitrogen and oxygen atoms in total. The SMILES string of the molecule is CCC(CC)(CNc1cccnc1C(N)=S)SC. The molecule has 0 amide bonds. The summed E-state index contributed by atoms with van der Waals surface area (Å²) >= 11 is 6.92. The number of hydrogen-bond acceptors (Lipinski definition) is 4. The van der Waals surface area contributed by atoms with Crippen LogP contribution in [0.1, 0.15) is 32.4 Å². The standard InChI is InChI=1S/C13H21N3S2/c1-4-13(5-2,18-3)9-16-10-7-6-8-15-11(10)12(14)17/h6-8,16H,4-5,9H2,1-3H3,(H2,14,17). The Morgan fingerprint density at radius 3 is 2.67 bits per heavy atom. The van der Waals surface area contributed by atoms with Crippen molar-refractivity contribution in [3.05, 3.63) is 24.0 Å². The third-order valence-electron chi connectivity index (χ3n) is 3.36. The van der Waals surface area contributed by atoms with Gasteiger partial charge in [0.15, 0.2) is 0 Å². The first-order valence-corrected chi connectivity index (χ1v) is 7.75. The summed E-state index contributed by atoms with van der Waals surface area (Å²) in [5.74, 6) is 0. The molecule has 3 N–H and O–H groups in total. The van der Waals surface area contributed by atoms with E-state index in [0.717, 1.165) is 25.1 Å². The fourth-order valence-electron chi connectivity index (χ4n) is 1.86. The molecule has 0 saturated carbocycles. The van der Waals surface area contributed by atoms with Gasteiger partial charge in [-0.15, -0.1) is 0 Å². The zero-order chi connectivity index (χ0) is 13.6. The Bertz CT molecular complexity index is 395. The zero-order valence-electron chi connectivity index (χ0n) is 11.2. The van der Waals surface area contributed by atoms with E-state index in [2.05, 4.69) is 30.4 Å². The van der Waals surface area contributed by atoms with E-state index in [1.165, 1.54) is 0 Å². The second kappa shape index (κ2) is 6.95. The minimum atomic E-state index is 0.253. The van der Waals surface area contributed by atoms with E-state index in [9.17, 15) is 0 Å². The fraction of sp³-hybridized carbons (Fsp3) is 0.538. The maximum Gasteiger partial charge on any atom is 0.124 e. The van der Waals surface area contributed by atoms with Crippen LogP contribution in [0, 0.1) is 0 Å². The molecule has 5 heteroatoms. The third kappa shape index (κ3) is 3.59. The number of thioether (sulfide) groups is 1. The molecular weight excluding hydrogens is 262 g/mol. The molecule has 0 aromatic carbocycles. The maximum atomic E-state index is 5.68. The van der Waals surface area contributed by atoms with E-state index in [0.29, 0.717) is 10.7 Å². The van der Waals surface area contributed by atoms with E-state index in [1.807, 2.05) is 23.9 Å². The molecule has 1 rings (SSSR count). The van der Waals surface area contributed by atoms with Gasteiger partial charge in [-0.1, -0.05) is 26.1 Å². The van der Waals surface area contributed by atoms with Gasteiger partial charge >= 0.3 is 0 Å². The molecule has 0 fully saturated rings. The van der Waals surface area contributed by atoms with Crippen molar-refractivity contribution in [1.29, 1.82) is 0 Å². The van der Waals surface area contributed by atoms with Crippen LogP contribution in [-0.4, -0.2) is 27.5 Å². The molecule has 1 aromatic heterocycles. The van der Waals surface area contributed by atoms with Gasteiger partial charge in [0.25, 0.3) is 0 Å². The van der Waals surface area contributed by atoms with E-state index in [1.54, 1.807) is 6.20 Å². The topological polar surface area (TPSA) is 50.9 Å². The molecule has 0 radical (unpaired) electrons. The summed E-state index contributed by atoms with van der Waals surface area (Å²) in [5, 5.41) is 3.44. The van der Waals surface area contributed by atoms with Gasteiger partial charge in [0.2, 0.25) is 0 Å². The lowest BCUT2D eigenvalue weighted by molar-refractivity contribution is 0.574. The molecule has 0 bridgehead atoms. The van der Waals surface area contributed by atoms with Crippen molar-refractivity contribution >= 4 is 34.7 Å². The van der Waals surface area contributed by atoms with Crippen molar-refractivity contribution < 1.29 is 0 Å². The maximum absolute atomic E-state index is 5.68. The Kier molecular flexibility index (Phi) is 5.88. The van der Waals surface area contributed by atoms with E-state index in [-0.39, 0.29) is 4.75 Å². The molecule has 0 aliphatic carbocycles. The van der Waals surface area contributed by atoms with Crippen LogP contribution >= 0.6 is 24.0 Å². The highest BCUT2D eigenvalue weighted by Crippen LogP contribution is 2.30. The molecule has 1 heterocycles. The van der Waals surface area contributed by atoms with Crippen molar-refractivity contribution in [1.82, 2.24) is 4.98 Å². The summed E-state index contributed by atoms with van der Waals surface area (Å²) in [6.45, 7) is 5.33. The Labute approximate surface area is 119 Å². The predicted molar refractivity (Wildman–Crippen MR) is 85.4 cm³/mol. The van der Waals surface area contributed by atoms with Crippen LogP contribution in [0.25, 0.3) is 0 Å². The van der Waals surface area contributed by atoms with Gasteiger partial charge in [-0.3, -0.25) is 4.98 Å². The lowest BCUT2D eigenvalue weighted by Crippen LogP contribution is -2.32. The van der Waals surface area contributed by atoms with Crippen LogP contribution < -0.4 is 11.1 Å². The van der Waals surface area contributed by atoms with E-state index in [4.69, 9.17) is 18.0 Å². The van der Waals surface area contributed by atoms with E-state index >= 15 is 0 Å². The number of anilines is 1. The van der Waals surface area contributed by atoms with Gasteiger partial charge in [-0.05, 0) is 31.2 Å². The first-order valence-electron chi connectivity index (χ1n) is 6.12. The van der Waals surface area contributed by atoms with Crippen molar-refractivity contribution in [2.75, 3.05) is 18.1 Å². The highest BCUT2D eigenvalue weighted by molar-refractivity contribution is 8.00. The van der Waals surface area contributed by atoms with Gasteiger partial charge in [0.1, 0.15) is 10.7 Å². The molecule has 18 heavy (non-hydrogen) atoms. The quantitative estimate of drug-likeness (QED) is 0.753. The summed E-state index contributed by atoms with van der Waals surface area (Å²) in [5.41, 5.74) is 7.27. The van der Waals surface area contributed by atoms with Crippen LogP contribution in [-0.2, 0) is 0 Å². The Hall–Kier alpha value is -0.810. The molecule has 0 spiro atoms. The lowest BCUT2D eigenvalue weighted by Gasteiger charge is -2.30. The van der Waals surface area contributed by atoms with E-state index < -0.39 is 0 Å². The van der Waals surface area contributed by atoms with Crippen molar-refractivity contribution in [2.45, 2.75) is 31.4 Å². The Balaban J connectivity index is 2.83. The largest absolute Gasteiger partial charge is 0.388 e. The number of pyridine rings is 1. The average Bonchev–Trinajstić information content (AvgIpc) is 2.41. The monoisotopic (exact) mass is 283 g/mol. The Morgan fingerprint density at radius 2 is 2.17 bits per heavy atom. The van der Waals surface area contributed by atoms with Crippen LogP contribution in [0.2, 0.25) is 0 Å². The molecule has 0 unspecified atom stereocenters. The molecule has 1 aromatic rings. The second-order valence-electron chi connectivity index (χ2n) is 4.21. The summed E-state index contributed by atoms with van der Waals surface area (Å²) < 4.78 is 0.253. The first kappa shape index (κ1) is 15.2. The second-order valence-corrected chi connectivity index (χ2v) is 5.93. The Morgan fingerprint density at radius 1 is 1.50 bits per heavy atom. The van der Waals surface area contributed by atoms with Crippen LogP contribution in [0.4, 0.5) is 5.69 Å². The number of nitrogens with zero attached hydrogens (tertiary/aromatic N) is 1. The highest BCUT2D eigenvalue weighted by atomic mass is 32.2. The van der Waals surface area contributed by atoms with Crippen LogP contribution in [0.3, 0.4) is 0 Å². The van der Waals surface area contributed by atoms with Gasteiger partial charge in [-0.25, -0.2) is 0 Å². The van der Waals surface area contributed by atoms with Crippen LogP contribution in [0.5, 0.6) is 0 Å². The number of rotatable bonds is 7. The normalized spacial score (nSPS) is 11.3. The zero-order valence-corrected chi connectivity index (χ0v) is 12.8. The minimum absolute atomic E-state index is 0.253. The number of aromatic nitrogens is 1. The first-order chi connectivity index (χ1) is 8.58. The molecule has 0 atom stereocenters. The molecule has 0 saturated heterocycles. The fourth-order valence-corrected chi connectivity index (χ4v) is 2.82. The molecular formula is C13H21N3S2. The lowest BCUT2D eigenvalue weighted by atomic mass is 10.0. The van der Waals surface area contributed by atoms with Crippen molar-refractivity contribution in [2.24, 2.45) is 5.73 Å². The minimum Gasteiger partial charge on any atom is -0.388 e. The highest BCUT2D eigenvalue weighted by Gasteiger charge is 2.24. The summed E-state index contributed by atoms with van der Waals surface area (Å²) in [6, 6.07) is 3.86. The number of nitrogens with one attached hydrogen (secondary N) is 1. The van der Waals surface area contributed by atoms with Crippen LogP contribution in [0.15, 0.2) is 18.3 Å². The van der Waals surface area contributed by atoms with Gasteiger partial charge in [-0.2, -0.15) is 11.8 Å². The molecule has 100 valence electrons. The van der Waals surface area contributed by atoms with Crippen molar-refractivity contribution in [3.8, 4) is 0 Å². The number of thiocarbonyl (C=S) groups is 1. The summed E-state index contributed by atoms with van der Waals surface area (Å²) in [6.07, 6.45) is 6.12. The summed E-state index contributed by atoms with van der Waals surface area (Å²) in [7, 11) is 0. The smallest absolute Gasteiger partial charge is 0.124 e. The average molecular weight is 283 g/mol. The predicted octanol–water partition coefficient (Wildman–Crippen LogP) is 3.05. The molecule has 0 aliphatic heterocycles.